The summed E-state index contributed by atoms with van der Waals surface area (Å²) in [5.41, 5.74) is 1.04. The lowest BCUT2D eigenvalue weighted by Gasteiger charge is -2.13. The highest BCUT2D eigenvalue weighted by molar-refractivity contribution is 6.32. The summed E-state index contributed by atoms with van der Waals surface area (Å²) in [6.45, 7) is 3.69. The molecule has 0 amide bonds. The van der Waals surface area contributed by atoms with Gasteiger partial charge in [-0.1, -0.05) is 30.7 Å². The van der Waals surface area contributed by atoms with Crippen molar-refractivity contribution in [2.75, 3.05) is 13.7 Å². The van der Waals surface area contributed by atoms with Gasteiger partial charge >= 0.3 is 0 Å². The Morgan fingerprint density at radius 3 is 2.40 bits per heavy atom. The Kier molecular flexibility index (Phi) is 5.27. The van der Waals surface area contributed by atoms with Gasteiger partial charge in [0.25, 0.3) is 0 Å². The van der Waals surface area contributed by atoms with Crippen LogP contribution in [-0.4, -0.2) is 13.7 Å². The van der Waals surface area contributed by atoms with Crippen LogP contribution >= 0.6 is 11.6 Å². The predicted octanol–water partition coefficient (Wildman–Crippen LogP) is 4.25. The van der Waals surface area contributed by atoms with Gasteiger partial charge in [0.2, 0.25) is 0 Å². The van der Waals surface area contributed by atoms with Crippen LogP contribution in [0.5, 0.6) is 17.2 Å². The van der Waals surface area contributed by atoms with Gasteiger partial charge in [-0.15, -0.1) is 0 Å². The molecule has 0 bridgehead atoms. The van der Waals surface area contributed by atoms with Crippen molar-refractivity contribution in [3.05, 3.63) is 53.1 Å². The zero-order valence-electron chi connectivity index (χ0n) is 11.7. The molecular weight excluding hydrogens is 274 g/mol. The number of halogens is 1. The zero-order valence-corrected chi connectivity index (χ0v) is 12.4. The van der Waals surface area contributed by atoms with Gasteiger partial charge in [0.05, 0.1) is 12.1 Å². The number of para-hydroxylation sites is 1. The number of hydrogen-bond donors (Lipinski definition) is 1. The minimum Gasteiger partial charge on any atom is -0.497 e. The molecule has 0 unspecified atom stereocenters. The average molecular weight is 292 g/mol. The van der Waals surface area contributed by atoms with E-state index in [-0.39, 0.29) is 0 Å². The standard InChI is InChI=1S/C16H18ClNO2/c1-3-18-11-12-5-4-6-15(17)16(12)20-14-9-7-13(19-2)8-10-14/h4-10,18H,3,11H2,1-2H3. The summed E-state index contributed by atoms with van der Waals surface area (Å²) in [4.78, 5) is 0. The number of hydrogen-bond acceptors (Lipinski definition) is 3. The fourth-order valence-corrected chi connectivity index (χ4v) is 2.06. The number of nitrogens with one attached hydrogen (secondary N) is 1. The van der Waals surface area contributed by atoms with Crippen LogP contribution in [0.4, 0.5) is 0 Å². The van der Waals surface area contributed by atoms with Gasteiger partial charge in [0.15, 0.2) is 0 Å². The van der Waals surface area contributed by atoms with Crippen LogP contribution in [0, 0.1) is 0 Å². The van der Waals surface area contributed by atoms with Gasteiger partial charge in [-0.2, -0.15) is 0 Å². The molecule has 2 aromatic rings. The van der Waals surface area contributed by atoms with Gasteiger partial charge < -0.3 is 14.8 Å². The highest BCUT2D eigenvalue weighted by Gasteiger charge is 2.09. The fraction of sp³-hybridized carbons (Fsp3) is 0.250. The SMILES string of the molecule is CCNCc1cccc(Cl)c1Oc1ccc(OC)cc1. The monoisotopic (exact) mass is 291 g/mol. The van der Waals surface area contributed by atoms with Crippen LogP contribution in [0.25, 0.3) is 0 Å². The van der Waals surface area contributed by atoms with E-state index in [9.17, 15) is 0 Å². The van der Waals surface area contributed by atoms with Crippen molar-refractivity contribution in [2.24, 2.45) is 0 Å². The number of ether oxygens (including phenoxy) is 2. The molecule has 2 rings (SSSR count). The maximum atomic E-state index is 6.24. The Bertz CT molecular complexity index is 555. The van der Waals surface area contributed by atoms with Crippen molar-refractivity contribution in [1.29, 1.82) is 0 Å². The normalized spacial score (nSPS) is 10.3. The number of rotatable bonds is 6. The topological polar surface area (TPSA) is 30.5 Å². The van der Waals surface area contributed by atoms with Crippen molar-refractivity contribution in [3.63, 3.8) is 0 Å². The van der Waals surface area contributed by atoms with Gasteiger partial charge in [-0.25, -0.2) is 0 Å². The molecule has 4 heteroatoms. The van der Waals surface area contributed by atoms with E-state index in [0.29, 0.717) is 10.8 Å². The molecule has 3 nitrogen and oxygen atoms in total. The first-order chi connectivity index (χ1) is 9.74. The summed E-state index contributed by atoms with van der Waals surface area (Å²) < 4.78 is 11.0. The largest absolute Gasteiger partial charge is 0.497 e. The van der Waals surface area contributed by atoms with E-state index < -0.39 is 0 Å². The molecular formula is C16H18ClNO2. The fourth-order valence-electron chi connectivity index (χ4n) is 1.83. The summed E-state index contributed by atoms with van der Waals surface area (Å²) in [5, 5.41) is 3.89. The van der Waals surface area contributed by atoms with Crippen molar-refractivity contribution >= 4 is 11.6 Å². The summed E-state index contributed by atoms with van der Waals surface area (Å²) in [5.74, 6) is 2.22. The number of benzene rings is 2. The maximum absolute atomic E-state index is 6.24. The highest BCUT2D eigenvalue weighted by Crippen LogP contribution is 2.33. The number of methoxy groups -OCH3 is 1. The first-order valence-corrected chi connectivity index (χ1v) is 6.92. The molecule has 0 saturated carbocycles. The molecule has 1 N–H and O–H groups in total. The molecule has 0 saturated heterocycles. The van der Waals surface area contributed by atoms with E-state index in [1.165, 1.54) is 0 Å². The molecule has 0 atom stereocenters. The second kappa shape index (κ2) is 7.17. The lowest BCUT2D eigenvalue weighted by atomic mass is 10.2. The third kappa shape index (κ3) is 3.65. The second-order valence-corrected chi connectivity index (χ2v) is 4.69. The lowest BCUT2D eigenvalue weighted by molar-refractivity contribution is 0.412. The summed E-state index contributed by atoms with van der Waals surface area (Å²) in [7, 11) is 1.64. The van der Waals surface area contributed by atoms with Gasteiger partial charge in [-0.3, -0.25) is 0 Å². The Balaban J connectivity index is 2.22. The second-order valence-electron chi connectivity index (χ2n) is 4.29. The van der Waals surface area contributed by atoms with E-state index in [0.717, 1.165) is 30.2 Å². The predicted molar refractivity (Wildman–Crippen MR) is 81.9 cm³/mol. The van der Waals surface area contributed by atoms with E-state index in [1.54, 1.807) is 7.11 Å². The van der Waals surface area contributed by atoms with E-state index >= 15 is 0 Å². The quantitative estimate of drug-likeness (QED) is 0.863. The van der Waals surface area contributed by atoms with Crippen LogP contribution in [-0.2, 0) is 6.54 Å². The maximum Gasteiger partial charge on any atom is 0.150 e. The van der Waals surface area contributed by atoms with Crippen molar-refractivity contribution in [1.82, 2.24) is 5.32 Å². The third-order valence-corrected chi connectivity index (χ3v) is 3.19. The van der Waals surface area contributed by atoms with Crippen LogP contribution in [0.15, 0.2) is 42.5 Å². The third-order valence-electron chi connectivity index (χ3n) is 2.89. The highest BCUT2D eigenvalue weighted by atomic mass is 35.5. The molecule has 0 radical (unpaired) electrons. The van der Waals surface area contributed by atoms with E-state index in [4.69, 9.17) is 21.1 Å². The molecule has 2 aromatic carbocycles. The van der Waals surface area contributed by atoms with Crippen LogP contribution in [0.3, 0.4) is 0 Å². The van der Waals surface area contributed by atoms with Crippen molar-refractivity contribution < 1.29 is 9.47 Å². The molecule has 0 aromatic heterocycles. The summed E-state index contributed by atoms with van der Waals surface area (Å²) in [6.07, 6.45) is 0. The van der Waals surface area contributed by atoms with Gasteiger partial charge in [-0.05, 0) is 36.9 Å². The average Bonchev–Trinajstić information content (AvgIpc) is 2.48. The van der Waals surface area contributed by atoms with Crippen LogP contribution in [0.2, 0.25) is 5.02 Å². The first kappa shape index (κ1) is 14.7. The Labute approximate surface area is 124 Å². The minimum absolute atomic E-state index is 0.608. The Morgan fingerprint density at radius 1 is 1.05 bits per heavy atom. The van der Waals surface area contributed by atoms with Crippen LogP contribution in [0.1, 0.15) is 12.5 Å². The molecule has 0 aliphatic carbocycles. The Hall–Kier alpha value is -1.71. The molecule has 106 valence electrons. The smallest absolute Gasteiger partial charge is 0.150 e. The summed E-state index contributed by atoms with van der Waals surface area (Å²) >= 11 is 6.24. The Morgan fingerprint density at radius 2 is 1.75 bits per heavy atom. The van der Waals surface area contributed by atoms with Crippen molar-refractivity contribution in [2.45, 2.75) is 13.5 Å². The summed E-state index contributed by atoms with van der Waals surface area (Å²) in [6, 6.07) is 13.2. The lowest BCUT2D eigenvalue weighted by Crippen LogP contribution is -2.12. The molecule has 20 heavy (non-hydrogen) atoms. The minimum atomic E-state index is 0.608. The van der Waals surface area contributed by atoms with E-state index in [1.807, 2.05) is 42.5 Å². The van der Waals surface area contributed by atoms with Crippen molar-refractivity contribution in [3.8, 4) is 17.2 Å². The van der Waals surface area contributed by atoms with Gasteiger partial charge in [0, 0.05) is 12.1 Å². The first-order valence-electron chi connectivity index (χ1n) is 6.54. The van der Waals surface area contributed by atoms with E-state index in [2.05, 4.69) is 12.2 Å². The molecule has 0 heterocycles. The molecule has 0 aliphatic rings. The van der Waals surface area contributed by atoms with Gasteiger partial charge in [0.1, 0.15) is 17.2 Å². The molecule has 0 fully saturated rings. The molecule has 0 aliphatic heterocycles. The zero-order chi connectivity index (χ0) is 14.4. The molecule has 0 spiro atoms. The van der Waals surface area contributed by atoms with Crippen LogP contribution < -0.4 is 14.8 Å².